The van der Waals surface area contributed by atoms with E-state index in [4.69, 9.17) is 0 Å². The zero-order valence-corrected chi connectivity index (χ0v) is 18.8. The van der Waals surface area contributed by atoms with E-state index in [2.05, 4.69) is 9.97 Å². The summed E-state index contributed by atoms with van der Waals surface area (Å²) in [7, 11) is 0. The van der Waals surface area contributed by atoms with Crippen molar-refractivity contribution in [2.24, 2.45) is 0 Å². The van der Waals surface area contributed by atoms with Crippen LogP contribution >= 0.6 is 0 Å². The lowest BCUT2D eigenvalue weighted by atomic mass is 9.97. The van der Waals surface area contributed by atoms with Crippen molar-refractivity contribution in [2.75, 3.05) is 5.23 Å². The van der Waals surface area contributed by atoms with Crippen LogP contribution in [0.3, 0.4) is 0 Å². The first-order valence-electron chi connectivity index (χ1n) is 11.3. The molecule has 7 heteroatoms. The number of aromatic nitrogens is 2. The number of aliphatic hydroxyl groups excluding tert-OH is 2. The Kier molecular flexibility index (Phi) is 6.39. The molecule has 0 aliphatic rings. The predicted octanol–water partition coefficient (Wildman–Crippen LogP) is 5.03. The molecule has 35 heavy (non-hydrogen) atoms. The Bertz CT molecular complexity index is 1490. The van der Waals surface area contributed by atoms with E-state index >= 15 is 0 Å². The van der Waals surface area contributed by atoms with E-state index in [1.165, 1.54) is 6.07 Å². The van der Waals surface area contributed by atoms with Gasteiger partial charge in [-0.05, 0) is 35.9 Å². The molecule has 2 heterocycles. The molecule has 0 bridgehead atoms. The van der Waals surface area contributed by atoms with Crippen molar-refractivity contribution in [2.45, 2.75) is 25.0 Å². The second-order valence-electron chi connectivity index (χ2n) is 8.52. The van der Waals surface area contributed by atoms with Crippen molar-refractivity contribution >= 4 is 27.5 Å². The average Bonchev–Trinajstić information content (AvgIpc) is 2.88. The molecule has 0 aliphatic heterocycles. The fraction of sp³-hybridized carbons (Fsp3) is 0.143. The smallest absolute Gasteiger partial charge is 0.0865 e. The van der Waals surface area contributed by atoms with Gasteiger partial charge in [0.25, 0.3) is 0 Å². The molecule has 0 aliphatic carbocycles. The monoisotopic (exact) mass is 466 g/mol. The number of aliphatic hydroxyl groups is 2. The highest BCUT2D eigenvalue weighted by Gasteiger charge is 2.18. The molecule has 3 N–H and O–H groups in total. The molecule has 0 unspecified atom stereocenters. The average molecular weight is 467 g/mol. The maximum absolute atomic E-state index is 11.9. The molecule has 0 fully saturated rings. The molecule has 0 amide bonds. The summed E-state index contributed by atoms with van der Waals surface area (Å²) in [4.78, 5) is 9.15. The van der Waals surface area contributed by atoms with Gasteiger partial charge in [0, 0.05) is 40.6 Å². The minimum Gasteiger partial charge on any atom is -0.733 e. The van der Waals surface area contributed by atoms with E-state index in [9.17, 15) is 20.6 Å². The second kappa shape index (κ2) is 9.77. The SMILES string of the molecule is [O-]N(O)c1cc([C@H](O)Cc2ccc3ccccc3n2)ccc1[C@H](O)Cc1ccc2ccccc2n1. The topological polar surface area (TPSA) is 113 Å². The highest BCUT2D eigenvalue weighted by Crippen LogP contribution is 2.32. The molecule has 0 saturated heterocycles. The van der Waals surface area contributed by atoms with Gasteiger partial charge in [-0.3, -0.25) is 15.2 Å². The summed E-state index contributed by atoms with van der Waals surface area (Å²) in [5.41, 5.74) is 3.56. The number of hydrogen-bond donors (Lipinski definition) is 3. The molecule has 0 spiro atoms. The zero-order chi connectivity index (χ0) is 24.4. The molecule has 2 aromatic heterocycles. The zero-order valence-electron chi connectivity index (χ0n) is 18.8. The third-order valence-electron chi connectivity index (χ3n) is 6.12. The largest absolute Gasteiger partial charge is 0.733 e. The standard InChI is InChI=1S/C28H24N3O4/c32-27(16-21-12-9-18-5-1-3-7-24(18)29-21)20-11-14-23(26(15-20)31(34)35)28(33)17-22-13-10-19-6-2-4-8-25(19)30-22/h1-15,27-28,32-34H,16-17H2/q-1/t27-,28-/m1/s1. The molecule has 5 aromatic rings. The Hall–Kier alpha value is -3.88. The van der Waals surface area contributed by atoms with Crippen LogP contribution in [-0.4, -0.2) is 25.4 Å². The summed E-state index contributed by atoms with van der Waals surface area (Å²) in [6.07, 6.45) is -1.63. The van der Waals surface area contributed by atoms with Crippen molar-refractivity contribution in [1.29, 1.82) is 0 Å². The number of anilines is 1. The van der Waals surface area contributed by atoms with Crippen LogP contribution in [0.1, 0.15) is 34.7 Å². The Balaban J connectivity index is 1.37. The molecule has 0 radical (unpaired) electrons. The molecule has 3 aromatic carbocycles. The van der Waals surface area contributed by atoms with Crippen LogP contribution in [0.25, 0.3) is 21.8 Å². The maximum Gasteiger partial charge on any atom is 0.0865 e. The molecular weight excluding hydrogens is 442 g/mol. The van der Waals surface area contributed by atoms with Crippen LogP contribution in [0.2, 0.25) is 0 Å². The lowest BCUT2D eigenvalue weighted by molar-refractivity contribution is 0.172. The predicted molar refractivity (Wildman–Crippen MR) is 135 cm³/mol. The van der Waals surface area contributed by atoms with E-state index in [-0.39, 0.29) is 29.3 Å². The van der Waals surface area contributed by atoms with Crippen molar-refractivity contribution in [3.05, 3.63) is 119 Å². The van der Waals surface area contributed by atoms with Crippen LogP contribution < -0.4 is 5.23 Å². The van der Waals surface area contributed by atoms with Gasteiger partial charge in [-0.1, -0.05) is 60.7 Å². The second-order valence-corrected chi connectivity index (χ2v) is 8.52. The normalized spacial score (nSPS) is 13.1. The van der Waals surface area contributed by atoms with Crippen molar-refractivity contribution < 1.29 is 15.4 Å². The van der Waals surface area contributed by atoms with Crippen LogP contribution in [-0.2, 0) is 12.8 Å². The van der Waals surface area contributed by atoms with E-state index in [0.29, 0.717) is 17.0 Å². The Morgan fingerprint density at radius 2 is 1.23 bits per heavy atom. The molecular formula is C28H24N3O4-. The third-order valence-corrected chi connectivity index (χ3v) is 6.12. The first kappa shape index (κ1) is 22.9. The number of para-hydroxylation sites is 2. The van der Waals surface area contributed by atoms with Gasteiger partial charge < -0.3 is 20.6 Å². The molecule has 5 rings (SSSR count). The maximum atomic E-state index is 11.9. The Labute approximate surface area is 202 Å². The third kappa shape index (κ3) is 4.99. The summed E-state index contributed by atoms with van der Waals surface area (Å²) < 4.78 is 0. The van der Waals surface area contributed by atoms with Gasteiger partial charge in [0.2, 0.25) is 0 Å². The van der Waals surface area contributed by atoms with Crippen molar-refractivity contribution in [3.8, 4) is 0 Å². The minimum atomic E-state index is -1.07. The number of nitrogens with zero attached hydrogens (tertiary/aromatic N) is 3. The van der Waals surface area contributed by atoms with E-state index in [1.807, 2.05) is 72.8 Å². The van der Waals surface area contributed by atoms with E-state index in [0.717, 1.165) is 21.8 Å². The molecule has 2 atom stereocenters. The van der Waals surface area contributed by atoms with Crippen LogP contribution in [0.15, 0.2) is 91.0 Å². The summed E-state index contributed by atoms with van der Waals surface area (Å²) in [5, 5.41) is 45.0. The molecule has 176 valence electrons. The van der Waals surface area contributed by atoms with Crippen molar-refractivity contribution in [3.63, 3.8) is 0 Å². The lowest BCUT2D eigenvalue weighted by Gasteiger charge is -2.28. The highest BCUT2D eigenvalue weighted by atomic mass is 16.8. The molecule has 0 saturated carbocycles. The van der Waals surface area contributed by atoms with Crippen molar-refractivity contribution in [1.82, 2.24) is 9.97 Å². The number of hydrogen-bond acceptors (Lipinski definition) is 7. The quantitative estimate of drug-likeness (QED) is 0.288. The van der Waals surface area contributed by atoms with E-state index in [1.54, 1.807) is 12.1 Å². The number of benzene rings is 3. The fourth-order valence-corrected chi connectivity index (χ4v) is 4.28. The lowest BCUT2D eigenvalue weighted by Crippen LogP contribution is -2.15. The number of pyridine rings is 2. The number of rotatable bonds is 7. The summed E-state index contributed by atoms with van der Waals surface area (Å²) in [5.74, 6) is 0. The van der Waals surface area contributed by atoms with Gasteiger partial charge in [-0.25, -0.2) is 0 Å². The van der Waals surface area contributed by atoms with Gasteiger partial charge in [-0.2, -0.15) is 0 Å². The summed E-state index contributed by atoms with van der Waals surface area (Å²) >= 11 is 0. The van der Waals surface area contributed by atoms with Gasteiger partial charge >= 0.3 is 0 Å². The number of fused-ring (bicyclic) bond motifs is 2. The Morgan fingerprint density at radius 3 is 1.80 bits per heavy atom. The summed E-state index contributed by atoms with van der Waals surface area (Å²) in [6.45, 7) is 0. The highest BCUT2D eigenvalue weighted by molar-refractivity contribution is 5.79. The summed E-state index contributed by atoms with van der Waals surface area (Å²) in [6, 6.07) is 27.5. The van der Waals surface area contributed by atoms with Crippen LogP contribution in [0, 0.1) is 5.21 Å². The first-order chi connectivity index (χ1) is 17.0. The van der Waals surface area contributed by atoms with Gasteiger partial charge in [0.05, 0.1) is 28.9 Å². The van der Waals surface area contributed by atoms with Crippen LogP contribution in [0.4, 0.5) is 5.69 Å². The fourth-order valence-electron chi connectivity index (χ4n) is 4.28. The van der Waals surface area contributed by atoms with Gasteiger partial charge in [-0.15, -0.1) is 0 Å². The van der Waals surface area contributed by atoms with E-state index < -0.39 is 12.2 Å². The Morgan fingerprint density at radius 1 is 0.686 bits per heavy atom. The van der Waals surface area contributed by atoms with Crippen LogP contribution in [0.5, 0.6) is 0 Å². The molecule has 7 nitrogen and oxygen atoms in total. The minimum absolute atomic E-state index is 0.124. The van der Waals surface area contributed by atoms with Gasteiger partial charge in [0.15, 0.2) is 0 Å². The first-order valence-corrected chi connectivity index (χ1v) is 11.3. The van der Waals surface area contributed by atoms with Gasteiger partial charge in [0.1, 0.15) is 0 Å².